The predicted molar refractivity (Wildman–Crippen MR) is 89.7 cm³/mol. The average molecular weight is 342 g/mol. The maximum atomic E-state index is 12.6. The zero-order valence-electron chi connectivity index (χ0n) is 14.3. The van der Waals surface area contributed by atoms with E-state index in [4.69, 9.17) is 4.74 Å². The first-order valence-electron chi connectivity index (χ1n) is 8.56. The largest absolute Gasteiger partial charge is 0.375 e. The summed E-state index contributed by atoms with van der Waals surface area (Å²) in [5, 5.41) is 4.23. The highest BCUT2D eigenvalue weighted by Gasteiger charge is 2.39. The molecule has 0 unspecified atom stereocenters. The van der Waals surface area contributed by atoms with Crippen molar-refractivity contribution in [2.75, 3.05) is 32.8 Å². The van der Waals surface area contributed by atoms with Gasteiger partial charge in [-0.25, -0.2) is 9.97 Å². The molecule has 4 heterocycles. The highest BCUT2D eigenvalue weighted by atomic mass is 16.5. The number of aryl methyl sites for hydroxylation is 1. The molecule has 8 heteroatoms. The zero-order valence-corrected chi connectivity index (χ0v) is 14.3. The molecule has 8 nitrogen and oxygen atoms in total. The van der Waals surface area contributed by atoms with Crippen molar-refractivity contribution in [2.45, 2.75) is 12.6 Å². The fourth-order valence-corrected chi connectivity index (χ4v) is 3.66. The number of carbonyl (C=O) groups excluding carboxylic acids is 1. The standard InChI is InChI=1S/C17H22N6O2/c1-21-7-13(6-20-21)8-22-4-5-25-16-11-23(10-14(16)9-22)17(24)15-2-3-18-12-19-15/h2-3,6-7,12,14,16H,4-5,8-11H2,1H3/t14-,16+/m1/s1. The lowest BCUT2D eigenvalue weighted by molar-refractivity contribution is 0.0482. The van der Waals surface area contributed by atoms with Gasteiger partial charge in [0.1, 0.15) is 12.0 Å². The van der Waals surface area contributed by atoms with Crippen LogP contribution in [-0.4, -0.2) is 74.3 Å². The third kappa shape index (κ3) is 3.54. The summed E-state index contributed by atoms with van der Waals surface area (Å²) >= 11 is 0. The molecular formula is C17H22N6O2. The summed E-state index contributed by atoms with van der Waals surface area (Å²) in [6.45, 7) is 4.72. The van der Waals surface area contributed by atoms with Crippen LogP contribution in [0.4, 0.5) is 0 Å². The highest BCUT2D eigenvalue weighted by Crippen LogP contribution is 2.25. The number of carbonyl (C=O) groups is 1. The second-order valence-electron chi connectivity index (χ2n) is 6.73. The van der Waals surface area contributed by atoms with Crippen LogP contribution in [0.3, 0.4) is 0 Å². The summed E-state index contributed by atoms with van der Waals surface area (Å²) < 4.78 is 7.85. The molecule has 2 saturated heterocycles. The first-order valence-corrected chi connectivity index (χ1v) is 8.56. The molecule has 4 rings (SSSR count). The topological polar surface area (TPSA) is 76.4 Å². The third-order valence-corrected chi connectivity index (χ3v) is 4.87. The van der Waals surface area contributed by atoms with Gasteiger partial charge >= 0.3 is 0 Å². The Morgan fingerprint density at radius 2 is 2.28 bits per heavy atom. The Kier molecular flexibility index (Phi) is 4.46. The van der Waals surface area contributed by atoms with E-state index in [0.29, 0.717) is 31.3 Å². The molecule has 0 aliphatic carbocycles. The number of likely N-dealkylation sites (tertiary alicyclic amines) is 1. The van der Waals surface area contributed by atoms with Crippen molar-refractivity contribution in [3.63, 3.8) is 0 Å². The van der Waals surface area contributed by atoms with Gasteiger partial charge in [0.25, 0.3) is 5.91 Å². The molecule has 2 fully saturated rings. The molecule has 0 spiro atoms. The molecule has 0 aromatic carbocycles. The van der Waals surface area contributed by atoms with Gasteiger partial charge in [0, 0.05) is 63.6 Å². The van der Waals surface area contributed by atoms with Gasteiger partial charge < -0.3 is 9.64 Å². The van der Waals surface area contributed by atoms with Crippen molar-refractivity contribution in [3.05, 3.63) is 42.2 Å². The van der Waals surface area contributed by atoms with Crippen LogP contribution in [0.1, 0.15) is 16.1 Å². The van der Waals surface area contributed by atoms with Crippen molar-refractivity contribution in [1.29, 1.82) is 0 Å². The molecule has 0 N–H and O–H groups in total. The Balaban J connectivity index is 1.41. The highest BCUT2D eigenvalue weighted by molar-refractivity contribution is 5.92. The lowest BCUT2D eigenvalue weighted by Crippen LogP contribution is -2.34. The Morgan fingerprint density at radius 3 is 3.04 bits per heavy atom. The summed E-state index contributed by atoms with van der Waals surface area (Å²) in [6.07, 6.45) is 7.06. The van der Waals surface area contributed by atoms with E-state index in [-0.39, 0.29) is 12.0 Å². The molecular weight excluding hydrogens is 320 g/mol. The van der Waals surface area contributed by atoms with Crippen LogP contribution in [0.15, 0.2) is 31.0 Å². The van der Waals surface area contributed by atoms with Crippen molar-refractivity contribution < 1.29 is 9.53 Å². The SMILES string of the molecule is Cn1cc(CN2CCO[C@H]3CN(C(=O)c4ccncn4)C[C@H]3C2)cn1. The van der Waals surface area contributed by atoms with Gasteiger partial charge in [0.15, 0.2) is 0 Å². The van der Waals surface area contributed by atoms with Crippen molar-refractivity contribution in [3.8, 4) is 0 Å². The van der Waals surface area contributed by atoms with E-state index in [9.17, 15) is 4.79 Å². The van der Waals surface area contributed by atoms with E-state index in [1.165, 1.54) is 11.9 Å². The van der Waals surface area contributed by atoms with Crippen molar-refractivity contribution in [2.24, 2.45) is 13.0 Å². The molecule has 0 radical (unpaired) electrons. The maximum absolute atomic E-state index is 12.6. The summed E-state index contributed by atoms with van der Waals surface area (Å²) in [5.41, 5.74) is 1.64. The first kappa shape index (κ1) is 16.2. The van der Waals surface area contributed by atoms with Crippen LogP contribution in [0.5, 0.6) is 0 Å². The molecule has 2 aromatic rings. The van der Waals surface area contributed by atoms with Crippen LogP contribution in [0, 0.1) is 5.92 Å². The van der Waals surface area contributed by atoms with E-state index < -0.39 is 0 Å². The van der Waals surface area contributed by atoms with Gasteiger partial charge in [0.05, 0.1) is 18.9 Å². The number of rotatable bonds is 3. The van der Waals surface area contributed by atoms with Crippen molar-refractivity contribution >= 4 is 5.91 Å². The molecule has 25 heavy (non-hydrogen) atoms. The van der Waals surface area contributed by atoms with Gasteiger partial charge in [-0.3, -0.25) is 14.4 Å². The minimum absolute atomic E-state index is 0.0436. The Bertz CT molecular complexity index is 734. The lowest BCUT2D eigenvalue weighted by Gasteiger charge is -2.22. The van der Waals surface area contributed by atoms with Gasteiger partial charge in [-0.05, 0) is 6.07 Å². The van der Waals surface area contributed by atoms with E-state index >= 15 is 0 Å². The summed E-state index contributed by atoms with van der Waals surface area (Å²) in [4.78, 5) is 24.8. The van der Waals surface area contributed by atoms with E-state index in [1.807, 2.05) is 29.0 Å². The number of ether oxygens (including phenoxy) is 1. The summed E-state index contributed by atoms with van der Waals surface area (Å²) in [7, 11) is 1.93. The Morgan fingerprint density at radius 1 is 1.36 bits per heavy atom. The smallest absolute Gasteiger partial charge is 0.272 e. The summed E-state index contributed by atoms with van der Waals surface area (Å²) in [5.74, 6) is 0.280. The van der Waals surface area contributed by atoms with E-state index in [1.54, 1.807) is 12.3 Å². The van der Waals surface area contributed by atoms with Gasteiger partial charge in [-0.15, -0.1) is 0 Å². The first-order chi connectivity index (χ1) is 12.2. The minimum Gasteiger partial charge on any atom is -0.375 e. The lowest BCUT2D eigenvalue weighted by atomic mass is 10.1. The average Bonchev–Trinajstić information content (AvgIpc) is 3.16. The van der Waals surface area contributed by atoms with Crippen LogP contribution >= 0.6 is 0 Å². The third-order valence-electron chi connectivity index (χ3n) is 4.87. The number of amides is 1. The number of nitrogens with zero attached hydrogens (tertiary/aromatic N) is 6. The molecule has 2 atom stereocenters. The van der Waals surface area contributed by atoms with Gasteiger partial charge in [-0.1, -0.05) is 0 Å². The number of aromatic nitrogens is 4. The molecule has 1 amide bonds. The van der Waals surface area contributed by atoms with Gasteiger partial charge in [-0.2, -0.15) is 5.10 Å². The zero-order chi connectivity index (χ0) is 17.2. The fourth-order valence-electron chi connectivity index (χ4n) is 3.66. The minimum atomic E-state index is -0.0436. The molecule has 2 aromatic heterocycles. The second kappa shape index (κ2) is 6.89. The van der Waals surface area contributed by atoms with Crippen LogP contribution in [-0.2, 0) is 18.3 Å². The number of hydrogen-bond acceptors (Lipinski definition) is 6. The van der Waals surface area contributed by atoms with Crippen molar-refractivity contribution in [1.82, 2.24) is 29.5 Å². The maximum Gasteiger partial charge on any atom is 0.272 e. The fraction of sp³-hybridized carbons (Fsp3) is 0.529. The molecule has 0 saturated carbocycles. The molecule has 0 bridgehead atoms. The quantitative estimate of drug-likeness (QED) is 0.792. The van der Waals surface area contributed by atoms with Crippen LogP contribution in [0.2, 0.25) is 0 Å². The number of fused-ring (bicyclic) bond motifs is 1. The Labute approximate surface area is 146 Å². The number of hydrogen-bond donors (Lipinski definition) is 0. The molecule has 2 aliphatic heterocycles. The molecule has 132 valence electrons. The molecule has 2 aliphatic rings. The summed E-state index contributed by atoms with van der Waals surface area (Å²) in [6, 6.07) is 1.66. The van der Waals surface area contributed by atoms with Crippen LogP contribution in [0.25, 0.3) is 0 Å². The Hall–Kier alpha value is -2.32. The van der Waals surface area contributed by atoms with E-state index in [0.717, 1.165) is 19.6 Å². The van der Waals surface area contributed by atoms with Crippen LogP contribution < -0.4 is 0 Å². The monoisotopic (exact) mass is 342 g/mol. The normalized spacial score (nSPS) is 24.1. The second-order valence-corrected chi connectivity index (χ2v) is 6.73. The van der Waals surface area contributed by atoms with E-state index in [2.05, 4.69) is 20.0 Å². The van der Waals surface area contributed by atoms with Gasteiger partial charge in [0.2, 0.25) is 0 Å². The predicted octanol–water partition coefficient (Wildman–Crippen LogP) is 0.183.